The van der Waals surface area contributed by atoms with Crippen molar-refractivity contribution in [3.63, 3.8) is 0 Å². The van der Waals surface area contributed by atoms with Crippen LogP contribution in [0.2, 0.25) is 0 Å². The topological polar surface area (TPSA) is 116 Å². The molecule has 0 aliphatic rings. The summed E-state index contributed by atoms with van der Waals surface area (Å²) in [5, 5.41) is 0. The van der Waals surface area contributed by atoms with Crippen molar-refractivity contribution in [2.24, 2.45) is 5.73 Å². The summed E-state index contributed by atoms with van der Waals surface area (Å²) in [6.45, 7) is -0.597. The van der Waals surface area contributed by atoms with Gasteiger partial charge in [0.1, 0.15) is 0 Å². The van der Waals surface area contributed by atoms with E-state index in [4.69, 9.17) is 5.73 Å². The van der Waals surface area contributed by atoms with Crippen LogP contribution in [0.1, 0.15) is 10.4 Å². The third-order valence-corrected chi connectivity index (χ3v) is 4.76. The molecule has 1 amide bonds. The molecule has 1 rings (SSSR count). The van der Waals surface area contributed by atoms with E-state index in [0.29, 0.717) is 8.94 Å². The van der Waals surface area contributed by atoms with Gasteiger partial charge in [-0.15, -0.1) is 0 Å². The molecule has 116 valence electrons. The number of carbonyl (C=O) groups excluding carboxylic acids is 2. The monoisotopic (exact) mass is 380 g/mol. The van der Waals surface area contributed by atoms with Gasteiger partial charge in [0.05, 0.1) is 17.6 Å². The lowest BCUT2D eigenvalue weighted by Gasteiger charge is -2.15. The highest BCUT2D eigenvalue weighted by Crippen LogP contribution is 2.23. The van der Waals surface area contributed by atoms with Crippen molar-refractivity contribution in [1.82, 2.24) is 4.47 Å². The Morgan fingerprint density at radius 1 is 1.38 bits per heavy atom. The number of benzene rings is 1. The number of nitrogens with zero attached hydrogens (tertiary/aromatic N) is 1. The molecule has 0 atom stereocenters. The van der Waals surface area contributed by atoms with Gasteiger partial charge in [0.25, 0.3) is 15.9 Å². The fourth-order valence-electron chi connectivity index (χ4n) is 1.28. The first-order valence-electron chi connectivity index (χ1n) is 5.48. The molecule has 0 radical (unpaired) electrons. The Morgan fingerprint density at radius 3 is 2.52 bits per heavy atom. The number of halogens is 1. The van der Waals surface area contributed by atoms with Crippen molar-refractivity contribution in [2.75, 3.05) is 20.8 Å². The van der Waals surface area contributed by atoms with Crippen LogP contribution >= 0.6 is 15.9 Å². The summed E-state index contributed by atoms with van der Waals surface area (Å²) in [5.41, 5.74) is 4.81. The Kier molecular flexibility index (Phi) is 5.84. The average molecular weight is 381 g/mol. The van der Waals surface area contributed by atoms with E-state index in [1.807, 2.05) is 0 Å². The molecule has 0 spiro atoms. The Morgan fingerprint density at radius 2 is 2.00 bits per heavy atom. The van der Waals surface area contributed by atoms with Crippen molar-refractivity contribution < 1.29 is 27.6 Å². The van der Waals surface area contributed by atoms with Crippen molar-refractivity contribution in [1.29, 1.82) is 0 Å². The van der Waals surface area contributed by atoms with Crippen LogP contribution in [0.3, 0.4) is 0 Å². The molecule has 1 aromatic rings. The number of esters is 1. The van der Waals surface area contributed by atoms with E-state index in [2.05, 4.69) is 25.5 Å². The van der Waals surface area contributed by atoms with Crippen molar-refractivity contribution >= 4 is 37.8 Å². The molecule has 0 saturated heterocycles. The number of carbonyl (C=O) groups is 2. The maximum absolute atomic E-state index is 12.1. The Labute approximate surface area is 129 Å². The minimum atomic E-state index is -3.90. The molecule has 8 nitrogen and oxygen atoms in total. The lowest BCUT2D eigenvalue weighted by molar-refractivity contribution is -0.121. The molecule has 0 aromatic heterocycles. The van der Waals surface area contributed by atoms with Crippen LogP contribution in [0.25, 0.3) is 0 Å². The number of primary amides is 1. The van der Waals surface area contributed by atoms with Gasteiger partial charge >= 0.3 is 5.97 Å². The zero-order chi connectivity index (χ0) is 16.2. The molecule has 0 fully saturated rings. The van der Waals surface area contributed by atoms with Gasteiger partial charge < -0.3 is 10.5 Å². The van der Waals surface area contributed by atoms with Crippen LogP contribution in [-0.2, 0) is 24.4 Å². The van der Waals surface area contributed by atoms with E-state index in [0.717, 1.165) is 6.07 Å². The van der Waals surface area contributed by atoms with Crippen molar-refractivity contribution in [3.05, 3.63) is 28.2 Å². The van der Waals surface area contributed by atoms with E-state index in [1.54, 1.807) is 0 Å². The van der Waals surface area contributed by atoms with Gasteiger partial charge in [-0.1, -0.05) is 4.47 Å². The number of hydrogen-bond acceptors (Lipinski definition) is 6. The Hall–Kier alpha value is -1.49. The lowest BCUT2D eigenvalue weighted by Crippen LogP contribution is -2.26. The standard InChI is InChI=1S/C11H13BrN2O6S/c1-14(19-2)21(17,18)7-3-4-9(12)8(5-7)11(16)20-6-10(13)15/h3-5H,6H2,1-2H3,(H2,13,15). The van der Waals surface area contributed by atoms with E-state index in [1.165, 1.54) is 26.3 Å². The third-order valence-electron chi connectivity index (χ3n) is 2.40. The number of nitrogens with two attached hydrogens (primary N) is 1. The number of hydroxylamine groups is 1. The van der Waals surface area contributed by atoms with E-state index in [-0.39, 0.29) is 10.5 Å². The highest BCUT2D eigenvalue weighted by atomic mass is 79.9. The lowest BCUT2D eigenvalue weighted by atomic mass is 10.2. The summed E-state index contributed by atoms with van der Waals surface area (Å²) in [6.07, 6.45) is 0. The molecule has 0 unspecified atom stereocenters. The van der Waals surface area contributed by atoms with Gasteiger partial charge in [-0.2, -0.15) is 0 Å². The minimum absolute atomic E-state index is 0.0539. The van der Waals surface area contributed by atoms with Gasteiger partial charge in [0, 0.05) is 11.5 Å². The second-order valence-electron chi connectivity index (χ2n) is 3.78. The Bertz CT molecular complexity index is 661. The van der Waals surface area contributed by atoms with Crippen LogP contribution in [0, 0.1) is 0 Å². The van der Waals surface area contributed by atoms with Crippen LogP contribution in [0.4, 0.5) is 0 Å². The van der Waals surface area contributed by atoms with Crippen LogP contribution in [0.15, 0.2) is 27.6 Å². The number of hydrogen-bond donors (Lipinski definition) is 1. The molecule has 0 saturated carbocycles. The second kappa shape index (κ2) is 6.98. The first kappa shape index (κ1) is 17.6. The number of amides is 1. The SMILES string of the molecule is CON(C)S(=O)(=O)c1ccc(Br)c(C(=O)OCC(N)=O)c1. The zero-order valence-electron chi connectivity index (χ0n) is 11.2. The number of ether oxygens (including phenoxy) is 1. The summed E-state index contributed by atoms with van der Waals surface area (Å²) in [6, 6.07) is 3.77. The van der Waals surface area contributed by atoms with Gasteiger partial charge in [-0.3, -0.25) is 9.63 Å². The molecule has 10 heteroatoms. The fourth-order valence-corrected chi connectivity index (χ4v) is 2.69. The number of sulfonamides is 1. The minimum Gasteiger partial charge on any atom is -0.452 e. The normalized spacial score (nSPS) is 11.4. The highest BCUT2D eigenvalue weighted by molar-refractivity contribution is 9.10. The van der Waals surface area contributed by atoms with Gasteiger partial charge in [-0.05, 0) is 34.1 Å². The third kappa shape index (κ3) is 4.24. The summed E-state index contributed by atoms with van der Waals surface area (Å²) in [5.74, 6) is -1.69. The predicted octanol–water partition coefficient (Wildman–Crippen LogP) is 0.273. The van der Waals surface area contributed by atoms with Crippen LogP contribution < -0.4 is 5.73 Å². The molecule has 0 aliphatic heterocycles. The summed E-state index contributed by atoms with van der Waals surface area (Å²) in [4.78, 5) is 26.8. The van der Waals surface area contributed by atoms with E-state index >= 15 is 0 Å². The summed E-state index contributed by atoms with van der Waals surface area (Å²) < 4.78 is 29.8. The molecule has 0 bridgehead atoms. The van der Waals surface area contributed by atoms with Crippen molar-refractivity contribution in [2.45, 2.75) is 4.90 Å². The summed E-state index contributed by atoms with van der Waals surface area (Å²) >= 11 is 3.10. The molecule has 0 aliphatic carbocycles. The van der Waals surface area contributed by atoms with Crippen LogP contribution in [0.5, 0.6) is 0 Å². The molecule has 21 heavy (non-hydrogen) atoms. The molecule has 2 N–H and O–H groups in total. The van der Waals surface area contributed by atoms with E-state index < -0.39 is 28.5 Å². The Balaban J connectivity index is 3.17. The second-order valence-corrected chi connectivity index (χ2v) is 6.57. The van der Waals surface area contributed by atoms with Gasteiger partial charge in [0.15, 0.2) is 6.61 Å². The first-order valence-corrected chi connectivity index (χ1v) is 7.71. The number of rotatable bonds is 6. The first-order chi connectivity index (χ1) is 9.70. The van der Waals surface area contributed by atoms with E-state index in [9.17, 15) is 18.0 Å². The maximum Gasteiger partial charge on any atom is 0.339 e. The maximum atomic E-state index is 12.1. The largest absolute Gasteiger partial charge is 0.452 e. The fraction of sp³-hybridized carbons (Fsp3) is 0.273. The quantitative estimate of drug-likeness (QED) is 0.559. The predicted molar refractivity (Wildman–Crippen MR) is 75.6 cm³/mol. The van der Waals surface area contributed by atoms with Crippen LogP contribution in [-0.4, -0.2) is 45.5 Å². The van der Waals surface area contributed by atoms with Crippen molar-refractivity contribution in [3.8, 4) is 0 Å². The molecule has 1 aromatic carbocycles. The van der Waals surface area contributed by atoms with Gasteiger partial charge in [-0.25, -0.2) is 13.2 Å². The smallest absolute Gasteiger partial charge is 0.339 e. The summed E-state index contributed by atoms with van der Waals surface area (Å²) in [7, 11) is -1.50. The molecular formula is C11H13BrN2O6S. The zero-order valence-corrected chi connectivity index (χ0v) is 13.6. The average Bonchev–Trinajstić information content (AvgIpc) is 2.43. The molecular weight excluding hydrogens is 368 g/mol. The van der Waals surface area contributed by atoms with Gasteiger partial charge in [0.2, 0.25) is 0 Å². The highest BCUT2D eigenvalue weighted by Gasteiger charge is 2.23. The molecule has 0 heterocycles.